The fourth-order valence-electron chi connectivity index (χ4n) is 2.79. The van der Waals surface area contributed by atoms with Gasteiger partial charge in [0, 0.05) is 34.3 Å². The Morgan fingerprint density at radius 1 is 1.30 bits per heavy atom. The van der Waals surface area contributed by atoms with Crippen LogP contribution < -0.4 is 4.74 Å². The van der Waals surface area contributed by atoms with Gasteiger partial charge in [0.15, 0.2) is 12.3 Å². The van der Waals surface area contributed by atoms with Gasteiger partial charge >= 0.3 is 0 Å². The van der Waals surface area contributed by atoms with Crippen molar-refractivity contribution in [1.29, 1.82) is 0 Å². The lowest BCUT2D eigenvalue weighted by Crippen LogP contribution is -2.45. The van der Waals surface area contributed by atoms with Crippen molar-refractivity contribution in [3.63, 3.8) is 0 Å². The molecule has 27 heavy (non-hydrogen) atoms. The number of hydrogen-bond acceptors (Lipinski definition) is 6. The highest BCUT2D eigenvalue weighted by Gasteiger charge is 2.44. The van der Waals surface area contributed by atoms with Crippen LogP contribution in [0, 0.1) is 10.1 Å². The van der Waals surface area contributed by atoms with Crippen molar-refractivity contribution in [3.8, 4) is 5.75 Å². The SMILES string of the molecule is CC1=NN(C(=O)COc2ccc([N+](=O)[O-])cc2)[C@](O)(c2ccc(Br)cc2)C1. The Morgan fingerprint density at radius 2 is 1.93 bits per heavy atom. The van der Waals surface area contributed by atoms with Gasteiger partial charge in [-0.2, -0.15) is 10.1 Å². The average Bonchev–Trinajstić information content (AvgIpc) is 2.96. The van der Waals surface area contributed by atoms with Crippen molar-refractivity contribution >= 4 is 33.2 Å². The molecule has 1 heterocycles. The number of carbonyl (C=O) groups is 1. The second-order valence-corrected chi connectivity index (χ2v) is 7.00. The first-order valence-electron chi connectivity index (χ1n) is 8.02. The number of aliphatic hydroxyl groups is 1. The smallest absolute Gasteiger partial charge is 0.283 e. The van der Waals surface area contributed by atoms with Crippen LogP contribution in [-0.4, -0.2) is 33.3 Å². The van der Waals surface area contributed by atoms with E-state index in [0.717, 1.165) is 9.48 Å². The largest absolute Gasteiger partial charge is 0.484 e. The second-order valence-electron chi connectivity index (χ2n) is 6.08. The predicted molar refractivity (Wildman–Crippen MR) is 101 cm³/mol. The highest BCUT2D eigenvalue weighted by Crippen LogP contribution is 2.35. The van der Waals surface area contributed by atoms with Gasteiger partial charge in [-0.05, 0) is 31.2 Å². The van der Waals surface area contributed by atoms with Gasteiger partial charge in [-0.25, -0.2) is 0 Å². The summed E-state index contributed by atoms with van der Waals surface area (Å²) in [6, 6.07) is 12.4. The van der Waals surface area contributed by atoms with Crippen LogP contribution in [0.1, 0.15) is 18.9 Å². The molecule has 3 rings (SSSR count). The van der Waals surface area contributed by atoms with E-state index >= 15 is 0 Å². The van der Waals surface area contributed by atoms with E-state index < -0.39 is 16.6 Å². The van der Waals surface area contributed by atoms with E-state index in [-0.39, 0.29) is 18.7 Å². The number of benzene rings is 2. The molecule has 0 aromatic heterocycles. The summed E-state index contributed by atoms with van der Waals surface area (Å²) in [5.41, 5.74) is -0.502. The monoisotopic (exact) mass is 433 g/mol. The highest BCUT2D eigenvalue weighted by molar-refractivity contribution is 9.10. The summed E-state index contributed by atoms with van der Waals surface area (Å²) >= 11 is 3.34. The predicted octanol–water partition coefficient (Wildman–Crippen LogP) is 3.19. The minimum Gasteiger partial charge on any atom is -0.484 e. The third-order valence-corrected chi connectivity index (χ3v) is 4.60. The van der Waals surface area contributed by atoms with Crippen molar-refractivity contribution in [2.45, 2.75) is 19.1 Å². The first-order chi connectivity index (χ1) is 12.8. The van der Waals surface area contributed by atoms with Crippen LogP contribution in [-0.2, 0) is 10.5 Å². The molecule has 1 amide bonds. The lowest BCUT2D eigenvalue weighted by atomic mass is 9.98. The van der Waals surface area contributed by atoms with Gasteiger partial charge in [-0.3, -0.25) is 14.9 Å². The highest BCUT2D eigenvalue weighted by atomic mass is 79.9. The van der Waals surface area contributed by atoms with Crippen LogP contribution in [0.15, 0.2) is 58.1 Å². The molecule has 0 radical (unpaired) electrons. The number of nitro groups is 1. The van der Waals surface area contributed by atoms with Gasteiger partial charge in [0.05, 0.1) is 4.92 Å². The summed E-state index contributed by atoms with van der Waals surface area (Å²) in [5, 5.41) is 26.9. The van der Waals surface area contributed by atoms with Gasteiger partial charge in [0.2, 0.25) is 0 Å². The summed E-state index contributed by atoms with van der Waals surface area (Å²) in [6.45, 7) is 1.36. The summed E-state index contributed by atoms with van der Waals surface area (Å²) < 4.78 is 6.25. The maximum atomic E-state index is 12.6. The summed E-state index contributed by atoms with van der Waals surface area (Å²) in [4.78, 5) is 22.8. The fraction of sp³-hybridized carbons (Fsp3) is 0.222. The third kappa shape index (κ3) is 3.99. The van der Waals surface area contributed by atoms with Crippen LogP contribution in [0.2, 0.25) is 0 Å². The Balaban J connectivity index is 1.73. The van der Waals surface area contributed by atoms with Crippen LogP contribution in [0.5, 0.6) is 5.75 Å². The molecule has 0 fully saturated rings. The summed E-state index contributed by atoms with van der Waals surface area (Å²) in [6.07, 6.45) is 0.192. The zero-order chi connectivity index (χ0) is 19.6. The Labute approximate surface area is 163 Å². The Morgan fingerprint density at radius 3 is 2.52 bits per heavy atom. The summed E-state index contributed by atoms with van der Waals surface area (Å²) in [5.74, 6) is -0.225. The zero-order valence-electron chi connectivity index (χ0n) is 14.3. The third-order valence-electron chi connectivity index (χ3n) is 4.08. The average molecular weight is 434 g/mol. The first kappa shape index (κ1) is 19.0. The van der Waals surface area contributed by atoms with Crippen LogP contribution in [0.4, 0.5) is 5.69 Å². The summed E-state index contributed by atoms with van der Waals surface area (Å²) in [7, 11) is 0. The maximum absolute atomic E-state index is 12.6. The van der Waals surface area contributed by atoms with Crippen LogP contribution in [0.3, 0.4) is 0 Å². The Kier molecular flexibility index (Phi) is 5.24. The number of hydrogen-bond donors (Lipinski definition) is 1. The van der Waals surface area contributed by atoms with Crippen molar-refractivity contribution < 1.29 is 19.6 Å². The molecule has 1 aliphatic rings. The lowest BCUT2D eigenvalue weighted by molar-refractivity contribution is -0.384. The molecule has 9 heteroatoms. The Hall–Kier alpha value is -2.78. The number of nitrogens with zero attached hydrogens (tertiary/aromatic N) is 3. The number of hydrazone groups is 1. The molecule has 0 spiro atoms. The van der Waals surface area contributed by atoms with Gasteiger partial charge in [-0.1, -0.05) is 28.1 Å². The van der Waals surface area contributed by atoms with Gasteiger partial charge in [-0.15, -0.1) is 0 Å². The van der Waals surface area contributed by atoms with E-state index in [2.05, 4.69) is 21.0 Å². The second kappa shape index (κ2) is 7.45. The molecule has 0 bridgehead atoms. The van der Waals surface area contributed by atoms with E-state index in [1.54, 1.807) is 31.2 Å². The molecule has 1 aliphatic heterocycles. The quantitative estimate of drug-likeness (QED) is 0.575. The topological polar surface area (TPSA) is 105 Å². The van der Waals surface area contributed by atoms with Gasteiger partial charge in [0.1, 0.15) is 5.75 Å². The fourth-order valence-corrected chi connectivity index (χ4v) is 3.06. The number of amides is 1. The van der Waals surface area contributed by atoms with E-state index in [1.807, 2.05) is 0 Å². The molecule has 0 aliphatic carbocycles. The van der Waals surface area contributed by atoms with E-state index in [9.17, 15) is 20.0 Å². The number of carbonyl (C=O) groups excluding carboxylic acids is 1. The molecule has 1 N–H and O–H groups in total. The molecule has 1 atom stereocenters. The molecule has 0 saturated carbocycles. The number of halogens is 1. The van der Waals surface area contributed by atoms with Crippen molar-refractivity contribution in [1.82, 2.24) is 5.01 Å². The molecule has 2 aromatic carbocycles. The standard InChI is InChI=1S/C18H16BrN3O5/c1-12-10-18(24,13-2-4-14(19)5-3-13)21(20-12)17(23)11-27-16-8-6-15(7-9-16)22(25)26/h2-9,24H,10-11H2,1H3/t18-/m1/s1. The molecule has 0 saturated heterocycles. The lowest BCUT2D eigenvalue weighted by Gasteiger charge is -2.31. The molecule has 140 valence electrons. The first-order valence-corrected chi connectivity index (χ1v) is 8.82. The zero-order valence-corrected chi connectivity index (χ0v) is 15.9. The van der Waals surface area contributed by atoms with Crippen molar-refractivity contribution in [3.05, 3.63) is 68.7 Å². The van der Waals surface area contributed by atoms with Crippen LogP contribution >= 0.6 is 15.9 Å². The number of non-ortho nitro benzene ring substituents is 1. The van der Waals surface area contributed by atoms with Gasteiger partial charge in [0.25, 0.3) is 11.6 Å². The van der Waals surface area contributed by atoms with E-state index in [0.29, 0.717) is 17.0 Å². The molecule has 8 nitrogen and oxygen atoms in total. The Bertz CT molecular complexity index is 898. The van der Waals surface area contributed by atoms with Crippen molar-refractivity contribution in [2.75, 3.05) is 6.61 Å². The number of nitro benzene ring substituents is 1. The minimum absolute atomic E-state index is 0.0712. The van der Waals surface area contributed by atoms with Crippen molar-refractivity contribution in [2.24, 2.45) is 5.10 Å². The maximum Gasteiger partial charge on any atom is 0.283 e. The normalized spacial score (nSPS) is 18.9. The minimum atomic E-state index is -1.58. The number of ether oxygens (including phenoxy) is 1. The van der Waals surface area contributed by atoms with E-state index in [4.69, 9.17) is 4.74 Å². The molecular weight excluding hydrogens is 418 g/mol. The molecule has 2 aromatic rings. The van der Waals surface area contributed by atoms with E-state index in [1.165, 1.54) is 24.3 Å². The van der Waals surface area contributed by atoms with Gasteiger partial charge < -0.3 is 9.84 Å². The van der Waals surface area contributed by atoms with Crippen LogP contribution in [0.25, 0.3) is 0 Å². The molecular formula is C18H16BrN3O5. The number of rotatable bonds is 5. The molecule has 0 unspecified atom stereocenters.